The Morgan fingerprint density at radius 1 is 1.16 bits per heavy atom. The number of benzene rings is 1. The van der Waals surface area contributed by atoms with Crippen molar-refractivity contribution in [3.63, 3.8) is 0 Å². The molecule has 2 aromatic heterocycles. The van der Waals surface area contributed by atoms with Gasteiger partial charge in [0.15, 0.2) is 0 Å². The first-order valence-electron chi connectivity index (χ1n) is 10.5. The first kappa shape index (κ1) is 21.0. The van der Waals surface area contributed by atoms with Crippen LogP contribution in [0.2, 0.25) is 0 Å². The van der Waals surface area contributed by atoms with Crippen LogP contribution in [0.5, 0.6) is 5.88 Å². The molecule has 31 heavy (non-hydrogen) atoms. The number of carbonyl (C=O) groups excluding carboxylic acids is 1. The van der Waals surface area contributed by atoms with Gasteiger partial charge < -0.3 is 15.2 Å². The number of aromatic nitrogens is 2. The summed E-state index contributed by atoms with van der Waals surface area (Å²) in [7, 11) is 1.57. The second-order valence-corrected chi connectivity index (χ2v) is 8.19. The van der Waals surface area contributed by atoms with Crippen LogP contribution < -0.4 is 10.1 Å². The first-order chi connectivity index (χ1) is 15.0. The second-order valence-electron chi connectivity index (χ2n) is 8.19. The Hall–Kier alpha value is -3.25. The molecule has 1 fully saturated rings. The number of methoxy groups -OCH3 is 1. The minimum Gasteiger partial charge on any atom is -0.481 e. The molecule has 0 bridgehead atoms. The number of ether oxygens (including phenoxy) is 1. The Balaban J connectivity index is 1.68. The minimum atomic E-state index is -0.184. The normalized spacial score (nSPS) is 14.2. The number of aliphatic hydroxyl groups is 1. The molecule has 1 aliphatic carbocycles. The third kappa shape index (κ3) is 4.75. The van der Waals surface area contributed by atoms with Gasteiger partial charge in [-0.1, -0.05) is 0 Å². The van der Waals surface area contributed by atoms with Gasteiger partial charge in [-0.2, -0.15) is 0 Å². The number of aryl methyl sites for hydroxylation is 2. The van der Waals surface area contributed by atoms with Crippen LogP contribution >= 0.6 is 0 Å². The topological polar surface area (TPSA) is 84.3 Å². The molecule has 4 rings (SSSR count). The van der Waals surface area contributed by atoms with E-state index < -0.39 is 0 Å². The fourth-order valence-electron chi connectivity index (χ4n) is 3.81. The van der Waals surface area contributed by atoms with Crippen molar-refractivity contribution in [1.29, 1.82) is 0 Å². The number of nitrogens with zero attached hydrogens (tertiary/aromatic N) is 2. The van der Waals surface area contributed by atoms with Crippen LogP contribution in [-0.4, -0.2) is 28.1 Å². The third-order valence-electron chi connectivity index (χ3n) is 5.57. The Labute approximate surface area is 182 Å². The molecular formula is C25H27N3O3. The van der Waals surface area contributed by atoms with Gasteiger partial charge in [0.25, 0.3) is 5.91 Å². The summed E-state index contributed by atoms with van der Waals surface area (Å²) in [4.78, 5) is 22.1. The van der Waals surface area contributed by atoms with Crippen molar-refractivity contribution in [3.05, 3.63) is 76.7 Å². The van der Waals surface area contributed by atoms with E-state index in [9.17, 15) is 9.90 Å². The molecule has 3 aromatic rings. The van der Waals surface area contributed by atoms with Crippen molar-refractivity contribution in [2.45, 2.75) is 39.3 Å². The number of carbonyl (C=O) groups is 1. The standard InChI is InChI=1S/C25H27N3O3/c1-15-6-7-26-22(9-15)23(18-4-5-18)28-24(30)20-11-17(14-29)10-19(12-20)21-8-16(2)13-27-25(21)31-3/h6-13,18,23,29H,4-5,14H2,1-3H3,(H,28,30). The molecule has 0 aliphatic heterocycles. The monoisotopic (exact) mass is 417 g/mol. The van der Waals surface area contributed by atoms with Gasteiger partial charge in [-0.05, 0) is 91.3 Å². The average molecular weight is 418 g/mol. The van der Waals surface area contributed by atoms with E-state index in [1.165, 1.54) is 0 Å². The van der Waals surface area contributed by atoms with Crippen molar-refractivity contribution < 1.29 is 14.6 Å². The summed E-state index contributed by atoms with van der Waals surface area (Å²) in [6.07, 6.45) is 5.68. The molecule has 1 unspecified atom stereocenters. The van der Waals surface area contributed by atoms with E-state index in [2.05, 4.69) is 15.3 Å². The highest BCUT2D eigenvalue weighted by Gasteiger charge is 2.34. The van der Waals surface area contributed by atoms with Crippen LogP contribution in [0.4, 0.5) is 0 Å². The summed E-state index contributed by atoms with van der Waals surface area (Å²) in [6, 6.07) is 11.2. The zero-order chi connectivity index (χ0) is 22.0. The van der Waals surface area contributed by atoms with E-state index in [1.807, 2.05) is 44.2 Å². The quantitative estimate of drug-likeness (QED) is 0.604. The molecule has 0 spiro atoms. The zero-order valence-electron chi connectivity index (χ0n) is 18.1. The Bertz CT molecular complexity index is 1110. The molecule has 1 saturated carbocycles. The van der Waals surface area contributed by atoms with Gasteiger partial charge in [0.1, 0.15) is 0 Å². The smallest absolute Gasteiger partial charge is 0.251 e. The van der Waals surface area contributed by atoms with Crippen LogP contribution in [0.25, 0.3) is 11.1 Å². The van der Waals surface area contributed by atoms with E-state index >= 15 is 0 Å². The second kappa shape index (κ2) is 8.86. The lowest BCUT2D eigenvalue weighted by Crippen LogP contribution is -2.30. The highest BCUT2D eigenvalue weighted by Crippen LogP contribution is 2.41. The van der Waals surface area contributed by atoms with Crippen LogP contribution in [-0.2, 0) is 6.61 Å². The summed E-state index contributed by atoms with van der Waals surface area (Å²) in [5.41, 5.74) is 5.70. The van der Waals surface area contributed by atoms with Crippen molar-refractivity contribution >= 4 is 5.91 Å². The van der Waals surface area contributed by atoms with Gasteiger partial charge in [-0.25, -0.2) is 4.98 Å². The summed E-state index contributed by atoms with van der Waals surface area (Å²) in [6.45, 7) is 3.81. The van der Waals surface area contributed by atoms with Gasteiger partial charge in [-0.15, -0.1) is 0 Å². The van der Waals surface area contributed by atoms with Crippen LogP contribution in [0.3, 0.4) is 0 Å². The molecule has 160 valence electrons. The Morgan fingerprint density at radius 2 is 1.97 bits per heavy atom. The zero-order valence-corrected chi connectivity index (χ0v) is 18.1. The molecule has 1 amide bonds. The van der Waals surface area contributed by atoms with E-state index in [1.54, 1.807) is 25.6 Å². The molecule has 2 heterocycles. The molecule has 1 aromatic carbocycles. The maximum atomic E-state index is 13.3. The lowest BCUT2D eigenvalue weighted by molar-refractivity contribution is 0.0930. The van der Waals surface area contributed by atoms with E-state index in [-0.39, 0.29) is 18.6 Å². The van der Waals surface area contributed by atoms with Crippen molar-refractivity contribution in [1.82, 2.24) is 15.3 Å². The molecule has 0 saturated heterocycles. The first-order valence-corrected chi connectivity index (χ1v) is 10.5. The maximum Gasteiger partial charge on any atom is 0.251 e. The van der Waals surface area contributed by atoms with Gasteiger partial charge in [0, 0.05) is 23.5 Å². The fourth-order valence-corrected chi connectivity index (χ4v) is 3.81. The lowest BCUT2D eigenvalue weighted by Gasteiger charge is -2.19. The van der Waals surface area contributed by atoms with Crippen molar-refractivity contribution in [2.24, 2.45) is 5.92 Å². The fraction of sp³-hybridized carbons (Fsp3) is 0.320. The highest BCUT2D eigenvalue weighted by atomic mass is 16.5. The number of rotatable bonds is 7. The molecule has 2 N–H and O–H groups in total. The van der Waals surface area contributed by atoms with Gasteiger partial charge in [0.05, 0.1) is 25.5 Å². The number of pyridine rings is 2. The molecule has 6 heteroatoms. The third-order valence-corrected chi connectivity index (χ3v) is 5.57. The van der Waals surface area contributed by atoms with E-state index in [0.717, 1.165) is 40.8 Å². The predicted molar refractivity (Wildman–Crippen MR) is 119 cm³/mol. The minimum absolute atomic E-state index is 0.121. The summed E-state index contributed by atoms with van der Waals surface area (Å²) >= 11 is 0. The van der Waals surface area contributed by atoms with E-state index in [4.69, 9.17) is 4.74 Å². The van der Waals surface area contributed by atoms with Gasteiger partial charge in [-0.3, -0.25) is 9.78 Å². The molecular weight excluding hydrogens is 390 g/mol. The van der Waals surface area contributed by atoms with Gasteiger partial charge in [0.2, 0.25) is 5.88 Å². The summed E-state index contributed by atoms with van der Waals surface area (Å²) < 4.78 is 5.42. The predicted octanol–water partition coefficient (Wildman–Crippen LogP) is 4.14. The lowest BCUT2D eigenvalue weighted by atomic mass is 9.98. The molecule has 6 nitrogen and oxygen atoms in total. The number of aliphatic hydroxyl groups excluding tert-OH is 1. The molecule has 0 radical (unpaired) electrons. The largest absolute Gasteiger partial charge is 0.481 e. The number of nitrogens with one attached hydrogen (secondary N) is 1. The SMILES string of the molecule is COc1ncc(C)cc1-c1cc(CO)cc(C(=O)NC(c2cc(C)ccn2)C2CC2)c1. The Morgan fingerprint density at radius 3 is 2.65 bits per heavy atom. The van der Waals surface area contributed by atoms with E-state index in [0.29, 0.717) is 22.9 Å². The number of amides is 1. The average Bonchev–Trinajstić information content (AvgIpc) is 3.62. The van der Waals surface area contributed by atoms with Gasteiger partial charge >= 0.3 is 0 Å². The molecule has 1 atom stereocenters. The molecule has 1 aliphatic rings. The van der Waals surface area contributed by atoms with Crippen LogP contribution in [0, 0.1) is 19.8 Å². The van der Waals surface area contributed by atoms with Crippen LogP contribution in [0.1, 0.15) is 51.6 Å². The number of hydrogen-bond donors (Lipinski definition) is 2. The van der Waals surface area contributed by atoms with Crippen LogP contribution in [0.15, 0.2) is 48.8 Å². The summed E-state index contributed by atoms with van der Waals surface area (Å²) in [5, 5.41) is 13.0. The van der Waals surface area contributed by atoms with Crippen molar-refractivity contribution in [3.8, 4) is 17.0 Å². The summed E-state index contributed by atoms with van der Waals surface area (Å²) in [5.74, 6) is 0.697. The highest BCUT2D eigenvalue weighted by molar-refractivity contribution is 5.96. The maximum absolute atomic E-state index is 13.3. The van der Waals surface area contributed by atoms with Crippen molar-refractivity contribution in [2.75, 3.05) is 7.11 Å². The Kier molecular flexibility index (Phi) is 6.00. The number of hydrogen-bond acceptors (Lipinski definition) is 5.